The molecule has 0 radical (unpaired) electrons. The highest BCUT2D eigenvalue weighted by Crippen LogP contribution is 2.31. The van der Waals surface area contributed by atoms with Gasteiger partial charge in [0.25, 0.3) is 0 Å². The quantitative estimate of drug-likeness (QED) is 0.762. The maximum absolute atomic E-state index is 3.83. The molecule has 1 aliphatic carbocycles. The molecular formula is C13H26N2S. The molecule has 0 aromatic rings. The molecule has 1 aliphatic heterocycles. The minimum absolute atomic E-state index is 0.496. The van der Waals surface area contributed by atoms with Crippen LogP contribution in [0.5, 0.6) is 0 Å². The summed E-state index contributed by atoms with van der Waals surface area (Å²) >= 11 is 1.98. The zero-order chi connectivity index (χ0) is 11.3. The molecule has 0 aromatic carbocycles. The van der Waals surface area contributed by atoms with Gasteiger partial charge in [0.2, 0.25) is 0 Å². The van der Waals surface area contributed by atoms with E-state index in [1.165, 1.54) is 70.5 Å². The fraction of sp³-hybridized carbons (Fsp3) is 1.00. The van der Waals surface area contributed by atoms with E-state index >= 15 is 0 Å². The Balaban J connectivity index is 1.83. The predicted octanol–water partition coefficient (Wildman–Crippen LogP) is 2.35. The molecule has 1 saturated carbocycles. The molecule has 3 heteroatoms. The van der Waals surface area contributed by atoms with Crippen molar-refractivity contribution in [2.24, 2.45) is 0 Å². The first kappa shape index (κ1) is 12.7. The van der Waals surface area contributed by atoms with Gasteiger partial charge in [0, 0.05) is 12.1 Å². The summed E-state index contributed by atoms with van der Waals surface area (Å²) < 4.78 is 0. The molecule has 0 amide bonds. The van der Waals surface area contributed by atoms with Crippen LogP contribution in [0.4, 0.5) is 0 Å². The highest BCUT2D eigenvalue weighted by Gasteiger charge is 2.35. The molecule has 0 unspecified atom stereocenters. The van der Waals surface area contributed by atoms with Crippen molar-refractivity contribution in [2.75, 3.05) is 38.2 Å². The van der Waals surface area contributed by atoms with Crippen molar-refractivity contribution in [3.05, 3.63) is 0 Å². The monoisotopic (exact) mass is 242 g/mol. The van der Waals surface area contributed by atoms with Crippen molar-refractivity contribution in [1.29, 1.82) is 0 Å². The van der Waals surface area contributed by atoms with Crippen molar-refractivity contribution in [1.82, 2.24) is 10.2 Å². The van der Waals surface area contributed by atoms with E-state index in [0.717, 1.165) is 0 Å². The Morgan fingerprint density at radius 3 is 2.81 bits per heavy atom. The molecule has 1 spiro atoms. The third-order valence-corrected chi connectivity index (χ3v) is 4.76. The fourth-order valence-corrected chi connectivity index (χ4v) is 3.65. The molecule has 2 nitrogen and oxygen atoms in total. The molecule has 1 heterocycles. The fourth-order valence-electron chi connectivity index (χ4n) is 3.23. The second kappa shape index (κ2) is 6.27. The first-order chi connectivity index (χ1) is 7.85. The summed E-state index contributed by atoms with van der Waals surface area (Å²) in [6.45, 7) is 5.16. The molecular weight excluding hydrogens is 216 g/mol. The summed E-state index contributed by atoms with van der Waals surface area (Å²) in [5, 5.41) is 3.83. The van der Waals surface area contributed by atoms with Crippen LogP contribution in [0.25, 0.3) is 0 Å². The van der Waals surface area contributed by atoms with Crippen LogP contribution in [0.1, 0.15) is 38.5 Å². The molecule has 0 bridgehead atoms. The van der Waals surface area contributed by atoms with E-state index in [0.29, 0.717) is 5.54 Å². The first-order valence-corrected chi connectivity index (χ1v) is 8.20. The zero-order valence-corrected chi connectivity index (χ0v) is 11.5. The van der Waals surface area contributed by atoms with Gasteiger partial charge in [0.1, 0.15) is 0 Å². The third kappa shape index (κ3) is 3.38. The third-order valence-electron chi connectivity index (χ3n) is 4.06. The Morgan fingerprint density at radius 2 is 2.06 bits per heavy atom. The lowest BCUT2D eigenvalue weighted by Crippen LogP contribution is -2.49. The normalized spacial score (nSPS) is 26.1. The average molecular weight is 242 g/mol. The zero-order valence-electron chi connectivity index (χ0n) is 10.6. The van der Waals surface area contributed by atoms with Crippen LogP contribution in [0.15, 0.2) is 0 Å². The maximum Gasteiger partial charge on any atom is 0.0308 e. The average Bonchev–Trinajstić information content (AvgIpc) is 2.63. The second-order valence-electron chi connectivity index (χ2n) is 5.39. The lowest BCUT2D eigenvalue weighted by Gasteiger charge is -2.33. The van der Waals surface area contributed by atoms with Crippen molar-refractivity contribution in [2.45, 2.75) is 44.1 Å². The van der Waals surface area contributed by atoms with Crippen LogP contribution in [0.3, 0.4) is 0 Å². The van der Waals surface area contributed by atoms with Crippen molar-refractivity contribution in [3.63, 3.8) is 0 Å². The van der Waals surface area contributed by atoms with Gasteiger partial charge in [-0.15, -0.1) is 0 Å². The van der Waals surface area contributed by atoms with E-state index in [9.17, 15) is 0 Å². The van der Waals surface area contributed by atoms with Crippen molar-refractivity contribution >= 4 is 11.8 Å². The van der Waals surface area contributed by atoms with Crippen LogP contribution in [-0.4, -0.2) is 48.6 Å². The van der Waals surface area contributed by atoms with Gasteiger partial charge in [-0.3, -0.25) is 0 Å². The van der Waals surface area contributed by atoms with Gasteiger partial charge in [0.05, 0.1) is 0 Å². The smallest absolute Gasteiger partial charge is 0.0308 e. The van der Waals surface area contributed by atoms with Crippen LogP contribution in [0.2, 0.25) is 0 Å². The van der Waals surface area contributed by atoms with Crippen LogP contribution in [-0.2, 0) is 0 Å². The van der Waals surface area contributed by atoms with E-state index in [1.807, 2.05) is 11.8 Å². The van der Waals surface area contributed by atoms with E-state index in [4.69, 9.17) is 0 Å². The minimum atomic E-state index is 0.496. The van der Waals surface area contributed by atoms with E-state index < -0.39 is 0 Å². The summed E-state index contributed by atoms with van der Waals surface area (Å²) in [4.78, 5) is 2.71. The topological polar surface area (TPSA) is 15.3 Å². The van der Waals surface area contributed by atoms with Gasteiger partial charge in [-0.05, 0) is 57.3 Å². The maximum atomic E-state index is 3.83. The number of nitrogens with zero attached hydrogens (tertiary/aromatic N) is 1. The number of rotatable bonds is 4. The van der Waals surface area contributed by atoms with Gasteiger partial charge in [0.15, 0.2) is 0 Å². The van der Waals surface area contributed by atoms with Gasteiger partial charge < -0.3 is 10.2 Å². The predicted molar refractivity (Wildman–Crippen MR) is 73.3 cm³/mol. The summed E-state index contributed by atoms with van der Waals surface area (Å²) in [6.07, 6.45) is 10.6. The molecule has 0 atom stereocenters. The summed E-state index contributed by atoms with van der Waals surface area (Å²) in [5.74, 6) is 1.32. The Kier molecular flexibility index (Phi) is 4.98. The Hall–Kier alpha value is 0.270. The van der Waals surface area contributed by atoms with E-state index in [-0.39, 0.29) is 0 Å². The van der Waals surface area contributed by atoms with Gasteiger partial charge in [-0.25, -0.2) is 0 Å². The summed E-state index contributed by atoms with van der Waals surface area (Å²) in [6, 6.07) is 0. The molecule has 1 saturated heterocycles. The highest BCUT2D eigenvalue weighted by molar-refractivity contribution is 7.98. The molecule has 2 rings (SSSR count). The van der Waals surface area contributed by atoms with Crippen LogP contribution < -0.4 is 5.32 Å². The Bertz CT molecular complexity index is 202. The summed E-state index contributed by atoms with van der Waals surface area (Å²) in [7, 11) is 0. The number of thioether (sulfide) groups is 1. The number of hydrogen-bond donors (Lipinski definition) is 1. The SMILES string of the molecule is CSCCCN1CCCNC2(CCCC2)C1. The standard InChI is InChI=1S/C13H26N2S/c1-16-11-5-10-15-9-4-8-14-13(12-15)6-2-3-7-13/h14H,2-12H2,1H3. The largest absolute Gasteiger partial charge is 0.310 e. The molecule has 0 aromatic heterocycles. The molecule has 94 valence electrons. The Labute approximate surface area is 105 Å². The highest BCUT2D eigenvalue weighted by atomic mass is 32.2. The lowest BCUT2D eigenvalue weighted by molar-refractivity contribution is 0.211. The second-order valence-corrected chi connectivity index (χ2v) is 6.38. The van der Waals surface area contributed by atoms with Gasteiger partial charge in [-0.2, -0.15) is 11.8 Å². The first-order valence-electron chi connectivity index (χ1n) is 6.81. The van der Waals surface area contributed by atoms with Gasteiger partial charge >= 0.3 is 0 Å². The lowest BCUT2D eigenvalue weighted by atomic mass is 9.97. The van der Waals surface area contributed by atoms with E-state index in [1.54, 1.807) is 0 Å². The van der Waals surface area contributed by atoms with Crippen LogP contribution in [0, 0.1) is 0 Å². The van der Waals surface area contributed by atoms with E-state index in [2.05, 4.69) is 16.5 Å². The molecule has 2 aliphatic rings. The Morgan fingerprint density at radius 1 is 1.25 bits per heavy atom. The van der Waals surface area contributed by atoms with Gasteiger partial charge in [-0.1, -0.05) is 12.8 Å². The molecule has 2 fully saturated rings. The molecule has 1 N–H and O–H groups in total. The molecule has 16 heavy (non-hydrogen) atoms. The minimum Gasteiger partial charge on any atom is -0.310 e. The van der Waals surface area contributed by atoms with Crippen LogP contribution >= 0.6 is 11.8 Å². The number of hydrogen-bond acceptors (Lipinski definition) is 3. The summed E-state index contributed by atoms with van der Waals surface area (Å²) in [5.41, 5.74) is 0.496. The number of nitrogens with one attached hydrogen (secondary N) is 1. The van der Waals surface area contributed by atoms with Crippen molar-refractivity contribution < 1.29 is 0 Å². The van der Waals surface area contributed by atoms with Crippen molar-refractivity contribution in [3.8, 4) is 0 Å².